The van der Waals surface area contributed by atoms with E-state index in [4.69, 9.17) is 10.7 Å². The van der Waals surface area contributed by atoms with E-state index >= 15 is 0 Å². The number of piperidine rings is 1. The monoisotopic (exact) mass is 508 g/mol. The van der Waals surface area contributed by atoms with Crippen LogP contribution in [-0.2, 0) is 6.54 Å². The van der Waals surface area contributed by atoms with Gasteiger partial charge in [0.2, 0.25) is 5.95 Å². The van der Waals surface area contributed by atoms with E-state index in [9.17, 15) is 4.79 Å². The Hall–Kier alpha value is -2.93. The van der Waals surface area contributed by atoms with Gasteiger partial charge in [-0.2, -0.15) is 0 Å². The Morgan fingerprint density at radius 2 is 1.95 bits per heavy atom. The standard InChI is InChI=1S/C28H42N6O.C2H6/c1-6-12-22(13-7-2)28(4,5)19-21(3)31-27-32-24-20-30-23(26(29)35)18-25(24)34(27)17-11-16-33-14-9-8-10-15-33;1-2/h6-7,12-13,18,20-21H,1,8-11,14-17,19H2,2-5H3,(H2,29,35)(H,31,32);1-2H3/b13-7-,22-12+;. The number of hydrogen-bond donors (Lipinski definition) is 2. The molecule has 7 nitrogen and oxygen atoms in total. The number of nitrogens with two attached hydrogens (primary N) is 1. The van der Waals surface area contributed by atoms with E-state index in [-0.39, 0.29) is 17.2 Å². The highest BCUT2D eigenvalue weighted by Gasteiger charge is 2.25. The SMILES string of the molecule is C=C/C=C(\C=C/C)C(C)(C)CC(C)Nc1nc2cnc(C(N)=O)cc2n1CCCN1CCCCC1.CC. The molecule has 1 aliphatic heterocycles. The normalized spacial score (nSPS) is 15.9. The topological polar surface area (TPSA) is 89.1 Å². The zero-order valence-corrected chi connectivity index (χ0v) is 23.9. The summed E-state index contributed by atoms with van der Waals surface area (Å²) in [4.78, 5) is 23.4. The summed E-state index contributed by atoms with van der Waals surface area (Å²) in [6.45, 7) is 20.9. The average Bonchev–Trinajstić information content (AvgIpc) is 3.21. The summed E-state index contributed by atoms with van der Waals surface area (Å²) in [5.74, 6) is 0.286. The van der Waals surface area contributed by atoms with E-state index in [1.54, 1.807) is 12.3 Å². The molecule has 37 heavy (non-hydrogen) atoms. The summed E-state index contributed by atoms with van der Waals surface area (Å²) in [6.07, 6.45) is 15.6. The summed E-state index contributed by atoms with van der Waals surface area (Å²) < 4.78 is 2.18. The lowest BCUT2D eigenvalue weighted by Crippen LogP contribution is -2.31. The Morgan fingerprint density at radius 1 is 1.24 bits per heavy atom. The summed E-state index contributed by atoms with van der Waals surface area (Å²) in [5.41, 5.74) is 8.64. The van der Waals surface area contributed by atoms with Gasteiger partial charge >= 0.3 is 0 Å². The number of nitrogens with zero attached hydrogens (tertiary/aromatic N) is 4. The number of allylic oxidation sites excluding steroid dienone is 5. The van der Waals surface area contributed by atoms with Crippen LogP contribution in [0.4, 0.5) is 5.95 Å². The van der Waals surface area contributed by atoms with Crippen molar-refractivity contribution in [3.05, 3.63) is 54.4 Å². The third-order valence-electron chi connectivity index (χ3n) is 6.81. The number of fused-ring (bicyclic) bond motifs is 1. The number of aryl methyl sites for hydroxylation is 1. The molecule has 0 saturated carbocycles. The van der Waals surface area contributed by atoms with Gasteiger partial charge in [-0.1, -0.05) is 65.0 Å². The highest BCUT2D eigenvalue weighted by Crippen LogP contribution is 2.34. The van der Waals surface area contributed by atoms with Gasteiger partial charge in [0.05, 0.1) is 11.7 Å². The highest BCUT2D eigenvalue weighted by atomic mass is 16.1. The Labute approximate surface area is 223 Å². The molecule has 3 heterocycles. The second-order valence-electron chi connectivity index (χ2n) is 10.3. The van der Waals surface area contributed by atoms with Gasteiger partial charge in [0.25, 0.3) is 5.91 Å². The number of imidazole rings is 1. The number of carbonyl (C=O) groups is 1. The number of hydrogen-bond acceptors (Lipinski definition) is 5. The van der Waals surface area contributed by atoms with E-state index in [0.717, 1.165) is 42.9 Å². The molecule has 1 saturated heterocycles. The molecule has 1 amide bonds. The summed E-state index contributed by atoms with van der Waals surface area (Å²) in [6, 6.07) is 1.94. The first-order valence-corrected chi connectivity index (χ1v) is 13.9. The van der Waals surface area contributed by atoms with Crippen molar-refractivity contribution < 1.29 is 4.79 Å². The van der Waals surface area contributed by atoms with E-state index in [0.29, 0.717) is 0 Å². The molecule has 0 spiro atoms. The molecular formula is C30H48N6O. The van der Waals surface area contributed by atoms with Crippen LogP contribution in [0.5, 0.6) is 0 Å². The van der Waals surface area contributed by atoms with Gasteiger partial charge in [0.1, 0.15) is 11.2 Å². The van der Waals surface area contributed by atoms with Crippen LogP contribution < -0.4 is 11.1 Å². The molecule has 2 aromatic heterocycles. The number of likely N-dealkylation sites (tertiary alicyclic amines) is 1. The van der Waals surface area contributed by atoms with E-state index < -0.39 is 5.91 Å². The van der Waals surface area contributed by atoms with Crippen LogP contribution in [0, 0.1) is 5.41 Å². The smallest absolute Gasteiger partial charge is 0.267 e. The van der Waals surface area contributed by atoms with Crippen LogP contribution >= 0.6 is 0 Å². The van der Waals surface area contributed by atoms with Gasteiger partial charge in [-0.3, -0.25) is 4.79 Å². The predicted molar refractivity (Wildman–Crippen MR) is 157 cm³/mol. The minimum Gasteiger partial charge on any atom is -0.364 e. The number of amides is 1. The maximum Gasteiger partial charge on any atom is 0.267 e. The van der Waals surface area contributed by atoms with Crippen LogP contribution in [0.3, 0.4) is 0 Å². The molecule has 1 aliphatic rings. The molecule has 7 heteroatoms. The first-order chi connectivity index (χ1) is 17.7. The number of pyridine rings is 1. The molecule has 1 atom stereocenters. The highest BCUT2D eigenvalue weighted by molar-refractivity contribution is 5.94. The average molecular weight is 509 g/mol. The van der Waals surface area contributed by atoms with Crippen molar-refractivity contribution in [3.8, 4) is 0 Å². The van der Waals surface area contributed by atoms with Crippen LogP contribution in [0.15, 0.2) is 48.7 Å². The Bertz CT molecular complexity index is 1080. The lowest BCUT2D eigenvalue weighted by molar-refractivity contribution is 0.0995. The number of anilines is 1. The quantitative estimate of drug-likeness (QED) is 0.327. The number of primary amides is 1. The van der Waals surface area contributed by atoms with Crippen molar-refractivity contribution in [2.75, 3.05) is 25.0 Å². The first-order valence-electron chi connectivity index (χ1n) is 13.9. The number of aromatic nitrogens is 3. The van der Waals surface area contributed by atoms with Crippen LogP contribution in [0.25, 0.3) is 11.0 Å². The number of rotatable bonds is 12. The summed E-state index contributed by atoms with van der Waals surface area (Å²) >= 11 is 0. The molecule has 3 N–H and O–H groups in total. The van der Waals surface area contributed by atoms with Crippen molar-refractivity contribution in [3.63, 3.8) is 0 Å². The van der Waals surface area contributed by atoms with Crippen molar-refractivity contribution in [1.82, 2.24) is 19.4 Å². The first kappa shape index (κ1) is 30.3. The molecule has 1 fully saturated rings. The lowest BCUT2D eigenvalue weighted by atomic mass is 9.78. The Balaban J connectivity index is 0.00000235. The van der Waals surface area contributed by atoms with Gasteiger partial charge in [-0.15, -0.1) is 0 Å². The van der Waals surface area contributed by atoms with Gasteiger partial charge in [-0.05, 0) is 76.2 Å². The fraction of sp³-hybridized carbons (Fsp3) is 0.567. The van der Waals surface area contributed by atoms with Crippen molar-refractivity contribution >= 4 is 22.9 Å². The van der Waals surface area contributed by atoms with E-state index in [1.807, 2.05) is 26.8 Å². The fourth-order valence-corrected chi connectivity index (χ4v) is 5.10. The summed E-state index contributed by atoms with van der Waals surface area (Å²) in [5, 5.41) is 3.65. The zero-order valence-electron chi connectivity index (χ0n) is 23.9. The van der Waals surface area contributed by atoms with Gasteiger partial charge in [0.15, 0.2) is 0 Å². The molecule has 0 aliphatic carbocycles. The number of nitrogens with one attached hydrogen (secondary N) is 1. The zero-order chi connectivity index (χ0) is 27.4. The molecule has 3 rings (SSSR count). The molecule has 2 aromatic rings. The molecule has 1 unspecified atom stereocenters. The van der Waals surface area contributed by atoms with Crippen LogP contribution in [-0.4, -0.2) is 51.0 Å². The Morgan fingerprint density at radius 3 is 2.57 bits per heavy atom. The van der Waals surface area contributed by atoms with Gasteiger partial charge in [-0.25, -0.2) is 9.97 Å². The number of carbonyl (C=O) groups excluding carboxylic acids is 1. The Kier molecular flexibility index (Phi) is 12.1. The van der Waals surface area contributed by atoms with E-state index in [1.165, 1.54) is 37.9 Å². The molecule has 0 radical (unpaired) electrons. The van der Waals surface area contributed by atoms with Crippen LogP contribution in [0.1, 0.15) is 84.1 Å². The summed E-state index contributed by atoms with van der Waals surface area (Å²) in [7, 11) is 0. The molecular weight excluding hydrogens is 460 g/mol. The van der Waals surface area contributed by atoms with Crippen molar-refractivity contribution in [1.29, 1.82) is 0 Å². The van der Waals surface area contributed by atoms with Crippen molar-refractivity contribution in [2.24, 2.45) is 11.1 Å². The second kappa shape index (κ2) is 14.7. The van der Waals surface area contributed by atoms with E-state index in [2.05, 4.69) is 65.3 Å². The lowest BCUT2D eigenvalue weighted by Gasteiger charge is -2.30. The molecule has 0 aromatic carbocycles. The van der Waals surface area contributed by atoms with Crippen LogP contribution in [0.2, 0.25) is 0 Å². The second-order valence-corrected chi connectivity index (χ2v) is 10.3. The maximum absolute atomic E-state index is 11.8. The van der Waals surface area contributed by atoms with Gasteiger partial charge < -0.3 is 20.5 Å². The fourth-order valence-electron chi connectivity index (χ4n) is 5.10. The predicted octanol–water partition coefficient (Wildman–Crippen LogP) is 6.34. The largest absolute Gasteiger partial charge is 0.364 e. The minimum absolute atomic E-state index is 0.0427. The molecule has 0 bridgehead atoms. The maximum atomic E-state index is 11.8. The third-order valence-corrected chi connectivity index (χ3v) is 6.81. The van der Waals surface area contributed by atoms with Gasteiger partial charge in [0, 0.05) is 12.6 Å². The molecule has 204 valence electrons. The minimum atomic E-state index is -0.525. The van der Waals surface area contributed by atoms with Crippen molar-refractivity contribution in [2.45, 2.75) is 86.2 Å². The third kappa shape index (κ3) is 8.56.